The van der Waals surface area contributed by atoms with E-state index in [1.165, 1.54) is 0 Å². The molecule has 7 nitrogen and oxygen atoms in total. The lowest BCUT2D eigenvalue weighted by molar-refractivity contribution is -0.126. The standard InChI is InChI=1S/C16H14Cl2N6O/c1-2-22-9-23(8-15(22)25)14-4-3-13-19-20-16(24(13)21-14)10-5-11(17)7-12(18)6-10/h3-7H,2,8-9H2,1H3. The highest BCUT2D eigenvalue weighted by Crippen LogP contribution is 2.27. The molecule has 25 heavy (non-hydrogen) atoms. The van der Waals surface area contributed by atoms with Crippen molar-refractivity contribution in [2.45, 2.75) is 6.92 Å². The Morgan fingerprint density at radius 3 is 2.56 bits per heavy atom. The van der Waals surface area contributed by atoms with Gasteiger partial charge < -0.3 is 9.80 Å². The zero-order valence-electron chi connectivity index (χ0n) is 13.4. The number of likely N-dealkylation sites (N-methyl/N-ethyl adjacent to an activating group) is 1. The van der Waals surface area contributed by atoms with E-state index in [0.717, 1.165) is 5.56 Å². The lowest BCUT2D eigenvalue weighted by atomic mass is 10.2. The molecule has 1 amide bonds. The molecular weight excluding hydrogens is 363 g/mol. The van der Waals surface area contributed by atoms with E-state index in [9.17, 15) is 4.79 Å². The fourth-order valence-electron chi connectivity index (χ4n) is 2.84. The lowest BCUT2D eigenvalue weighted by Gasteiger charge is -2.17. The van der Waals surface area contributed by atoms with Gasteiger partial charge in [-0.15, -0.1) is 15.3 Å². The second-order valence-corrected chi connectivity index (χ2v) is 6.61. The highest BCUT2D eigenvalue weighted by molar-refractivity contribution is 6.35. The summed E-state index contributed by atoms with van der Waals surface area (Å²) < 4.78 is 1.64. The first-order valence-electron chi connectivity index (χ1n) is 7.77. The third-order valence-corrected chi connectivity index (χ3v) is 4.53. The first-order valence-corrected chi connectivity index (χ1v) is 8.52. The van der Waals surface area contributed by atoms with Gasteiger partial charge in [-0.1, -0.05) is 23.2 Å². The molecule has 4 rings (SSSR count). The van der Waals surface area contributed by atoms with Crippen molar-refractivity contribution in [2.75, 3.05) is 24.7 Å². The summed E-state index contributed by atoms with van der Waals surface area (Å²) in [5, 5.41) is 14.0. The minimum absolute atomic E-state index is 0.0926. The van der Waals surface area contributed by atoms with Crippen molar-refractivity contribution in [3.63, 3.8) is 0 Å². The van der Waals surface area contributed by atoms with Crippen LogP contribution in [0.3, 0.4) is 0 Å². The van der Waals surface area contributed by atoms with Gasteiger partial charge in [-0.2, -0.15) is 4.52 Å². The predicted octanol–water partition coefficient (Wildman–Crippen LogP) is 2.72. The third kappa shape index (κ3) is 2.89. The largest absolute Gasteiger partial charge is 0.328 e. The molecule has 0 saturated carbocycles. The molecule has 1 aliphatic heterocycles. The Balaban J connectivity index is 1.77. The van der Waals surface area contributed by atoms with E-state index in [1.807, 2.05) is 24.0 Å². The molecule has 1 fully saturated rings. The summed E-state index contributed by atoms with van der Waals surface area (Å²) in [6.45, 7) is 3.47. The first-order chi connectivity index (χ1) is 12.0. The molecule has 3 aromatic rings. The van der Waals surface area contributed by atoms with Crippen LogP contribution in [0.4, 0.5) is 5.82 Å². The fourth-order valence-corrected chi connectivity index (χ4v) is 3.36. The summed E-state index contributed by atoms with van der Waals surface area (Å²) in [4.78, 5) is 15.7. The topological polar surface area (TPSA) is 66.6 Å². The average Bonchev–Trinajstić information content (AvgIpc) is 3.16. The lowest BCUT2D eigenvalue weighted by Crippen LogP contribution is -2.27. The van der Waals surface area contributed by atoms with Gasteiger partial charge in [-0.25, -0.2) is 0 Å². The van der Waals surface area contributed by atoms with E-state index in [1.54, 1.807) is 27.6 Å². The molecule has 0 aliphatic carbocycles. The monoisotopic (exact) mass is 376 g/mol. The molecule has 1 saturated heterocycles. The van der Waals surface area contributed by atoms with E-state index >= 15 is 0 Å². The number of anilines is 1. The van der Waals surface area contributed by atoms with Crippen LogP contribution >= 0.6 is 23.2 Å². The summed E-state index contributed by atoms with van der Waals surface area (Å²) in [6.07, 6.45) is 0. The Labute approximate surface area is 153 Å². The molecule has 0 atom stereocenters. The van der Waals surface area contributed by atoms with Crippen LogP contribution in [-0.2, 0) is 4.79 Å². The zero-order valence-corrected chi connectivity index (χ0v) is 14.9. The van der Waals surface area contributed by atoms with Gasteiger partial charge in [-0.3, -0.25) is 4.79 Å². The minimum atomic E-state index is 0.0926. The number of hydrogen-bond acceptors (Lipinski definition) is 5. The summed E-state index contributed by atoms with van der Waals surface area (Å²) in [5.74, 6) is 1.32. The second kappa shape index (κ2) is 6.16. The predicted molar refractivity (Wildman–Crippen MR) is 95.8 cm³/mol. The molecule has 9 heteroatoms. The van der Waals surface area contributed by atoms with Gasteiger partial charge in [0.1, 0.15) is 6.54 Å². The average molecular weight is 377 g/mol. The molecule has 0 radical (unpaired) electrons. The number of carbonyl (C=O) groups excluding carboxylic acids is 1. The van der Waals surface area contributed by atoms with Crippen molar-refractivity contribution < 1.29 is 4.79 Å². The van der Waals surface area contributed by atoms with Gasteiger partial charge in [-0.05, 0) is 37.3 Å². The van der Waals surface area contributed by atoms with Crippen LogP contribution in [0.25, 0.3) is 17.0 Å². The molecule has 3 heterocycles. The summed E-state index contributed by atoms with van der Waals surface area (Å²) in [7, 11) is 0. The van der Waals surface area contributed by atoms with Crippen LogP contribution < -0.4 is 4.90 Å². The highest BCUT2D eigenvalue weighted by Gasteiger charge is 2.27. The van der Waals surface area contributed by atoms with Crippen molar-refractivity contribution >= 4 is 40.6 Å². The van der Waals surface area contributed by atoms with E-state index in [4.69, 9.17) is 23.2 Å². The number of aromatic nitrogens is 4. The van der Waals surface area contributed by atoms with Gasteiger partial charge in [0.05, 0.1) is 6.67 Å². The molecule has 128 valence electrons. The Morgan fingerprint density at radius 2 is 1.88 bits per heavy atom. The van der Waals surface area contributed by atoms with E-state index < -0.39 is 0 Å². The maximum atomic E-state index is 12.0. The van der Waals surface area contributed by atoms with Crippen LogP contribution in [0.5, 0.6) is 0 Å². The Hall–Kier alpha value is -2.38. The molecule has 0 N–H and O–H groups in total. The van der Waals surface area contributed by atoms with Crippen molar-refractivity contribution in [1.82, 2.24) is 24.7 Å². The van der Waals surface area contributed by atoms with Crippen molar-refractivity contribution in [3.8, 4) is 11.4 Å². The van der Waals surface area contributed by atoms with Crippen molar-refractivity contribution in [2.24, 2.45) is 0 Å². The van der Waals surface area contributed by atoms with Crippen LogP contribution in [-0.4, -0.2) is 50.4 Å². The summed E-state index contributed by atoms with van der Waals surface area (Å²) >= 11 is 12.2. The third-order valence-electron chi connectivity index (χ3n) is 4.10. The molecule has 1 aliphatic rings. The fraction of sp³-hybridized carbons (Fsp3) is 0.250. The number of fused-ring (bicyclic) bond motifs is 1. The minimum Gasteiger partial charge on any atom is -0.328 e. The maximum absolute atomic E-state index is 12.0. The van der Waals surface area contributed by atoms with Gasteiger partial charge in [0.25, 0.3) is 0 Å². The van der Waals surface area contributed by atoms with Gasteiger partial charge >= 0.3 is 0 Å². The van der Waals surface area contributed by atoms with Gasteiger partial charge in [0, 0.05) is 22.2 Å². The smallest absolute Gasteiger partial charge is 0.243 e. The Kier molecular flexibility index (Phi) is 3.97. The Bertz CT molecular complexity index is 952. The van der Waals surface area contributed by atoms with Crippen LogP contribution in [0, 0.1) is 0 Å². The zero-order chi connectivity index (χ0) is 17.6. The number of benzene rings is 1. The number of halogens is 2. The number of nitrogens with zero attached hydrogens (tertiary/aromatic N) is 6. The number of rotatable bonds is 3. The second-order valence-electron chi connectivity index (χ2n) is 5.73. The normalized spacial score (nSPS) is 14.8. The quantitative estimate of drug-likeness (QED) is 0.702. The molecule has 2 aromatic heterocycles. The van der Waals surface area contributed by atoms with Crippen molar-refractivity contribution in [1.29, 1.82) is 0 Å². The molecule has 0 bridgehead atoms. The first kappa shape index (κ1) is 16.1. The molecule has 0 unspecified atom stereocenters. The van der Waals surface area contributed by atoms with E-state index in [-0.39, 0.29) is 5.91 Å². The van der Waals surface area contributed by atoms with Gasteiger partial charge in [0.15, 0.2) is 17.3 Å². The van der Waals surface area contributed by atoms with Gasteiger partial charge in [0.2, 0.25) is 5.91 Å². The molecular formula is C16H14Cl2N6O. The van der Waals surface area contributed by atoms with Crippen LogP contribution in [0.15, 0.2) is 30.3 Å². The van der Waals surface area contributed by atoms with Crippen LogP contribution in [0.2, 0.25) is 10.0 Å². The number of carbonyl (C=O) groups is 1. The summed E-state index contributed by atoms with van der Waals surface area (Å²) in [5.41, 5.74) is 1.33. The maximum Gasteiger partial charge on any atom is 0.243 e. The number of amides is 1. The molecule has 1 aromatic carbocycles. The van der Waals surface area contributed by atoms with E-state index in [0.29, 0.717) is 47.1 Å². The summed E-state index contributed by atoms with van der Waals surface area (Å²) in [6, 6.07) is 8.84. The number of hydrogen-bond donors (Lipinski definition) is 0. The highest BCUT2D eigenvalue weighted by atomic mass is 35.5. The Morgan fingerprint density at radius 1 is 1.12 bits per heavy atom. The van der Waals surface area contributed by atoms with E-state index in [2.05, 4.69) is 15.3 Å². The molecule has 0 spiro atoms. The SMILES string of the molecule is CCN1CN(c2ccc3nnc(-c4cc(Cl)cc(Cl)c4)n3n2)CC1=O. The van der Waals surface area contributed by atoms with Crippen LogP contribution in [0.1, 0.15) is 6.92 Å². The van der Waals surface area contributed by atoms with Crippen molar-refractivity contribution in [3.05, 3.63) is 40.4 Å².